The maximum atomic E-state index is 10.8. The van der Waals surface area contributed by atoms with Crippen LogP contribution < -0.4 is 10.2 Å². The van der Waals surface area contributed by atoms with Gasteiger partial charge in [0, 0.05) is 23.1 Å². The van der Waals surface area contributed by atoms with Crippen LogP contribution in [-0.4, -0.2) is 25.4 Å². The molecule has 0 unspecified atom stereocenters. The van der Waals surface area contributed by atoms with Crippen LogP contribution in [0, 0.1) is 15.5 Å². The van der Waals surface area contributed by atoms with Crippen LogP contribution in [0.15, 0.2) is 65.1 Å². The van der Waals surface area contributed by atoms with E-state index < -0.39 is 4.92 Å². The van der Waals surface area contributed by atoms with Gasteiger partial charge in [-0.3, -0.25) is 20.9 Å². The van der Waals surface area contributed by atoms with Crippen molar-refractivity contribution in [1.29, 1.82) is 5.41 Å². The monoisotopic (exact) mass is 437 g/mol. The lowest BCUT2D eigenvalue weighted by Gasteiger charge is -1.99. The van der Waals surface area contributed by atoms with E-state index in [1.807, 2.05) is 42.6 Å². The molecular weight excluding hydrogens is 422 g/mol. The third-order valence-corrected chi connectivity index (χ3v) is 5.77. The Labute approximate surface area is 178 Å². The first-order chi connectivity index (χ1) is 14.5. The number of nitrogens with one attached hydrogen (secondary N) is 2. The number of non-ortho nitro benzene ring substituents is 1. The van der Waals surface area contributed by atoms with Gasteiger partial charge in [-0.15, -0.1) is 11.3 Å². The predicted molar refractivity (Wildman–Crippen MR) is 117 cm³/mol. The third-order valence-electron chi connectivity index (χ3n) is 4.08. The molecule has 150 valence electrons. The first-order valence-electron chi connectivity index (χ1n) is 8.72. The van der Waals surface area contributed by atoms with Gasteiger partial charge in [-0.1, -0.05) is 29.5 Å². The fourth-order valence-electron chi connectivity index (χ4n) is 2.57. The first-order valence-corrected chi connectivity index (χ1v) is 10.4. The Hall–Kier alpha value is -3.70. The van der Waals surface area contributed by atoms with Crippen LogP contribution in [0.2, 0.25) is 0 Å². The molecule has 0 atom stereocenters. The fraction of sp³-hybridized carbons (Fsp3) is 0.0526. The van der Waals surface area contributed by atoms with Crippen LogP contribution in [0.1, 0.15) is 11.9 Å². The molecule has 0 radical (unpaired) electrons. The molecule has 0 saturated heterocycles. The van der Waals surface area contributed by atoms with Gasteiger partial charge < -0.3 is 0 Å². The molecule has 30 heavy (non-hydrogen) atoms. The summed E-state index contributed by atoms with van der Waals surface area (Å²) in [6.07, 6.45) is 0. The van der Waals surface area contributed by atoms with Crippen LogP contribution in [0.25, 0.3) is 16.9 Å². The predicted octanol–water partition coefficient (Wildman–Crippen LogP) is 4.28. The fourth-order valence-corrected chi connectivity index (χ4v) is 3.97. The van der Waals surface area contributed by atoms with Crippen molar-refractivity contribution in [2.45, 2.75) is 6.92 Å². The van der Waals surface area contributed by atoms with Gasteiger partial charge in [-0.05, 0) is 31.2 Å². The minimum atomic E-state index is -0.433. The standard InChI is InChI=1S/C19H15N7O2S2/c1-12(17-24-25(18(20)30-17)14-5-3-2-4-6-14)22-23-19-21-16(11-29-19)13-7-9-15(10-8-13)26(27)28/h2-11,20H,1H3,(H,21,23). The first kappa shape index (κ1) is 19.6. The van der Waals surface area contributed by atoms with Gasteiger partial charge in [0.05, 0.1) is 22.0 Å². The van der Waals surface area contributed by atoms with E-state index >= 15 is 0 Å². The molecule has 0 aliphatic rings. The van der Waals surface area contributed by atoms with Crippen molar-refractivity contribution >= 4 is 39.2 Å². The number of hydrogen-bond acceptors (Lipinski definition) is 9. The van der Waals surface area contributed by atoms with E-state index in [1.54, 1.807) is 16.8 Å². The van der Waals surface area contributed by atoms with Crippen LogP contribution >= 0.6 is 22.7 Å². The lowest BCUT2D eigenvalue weighted by molar-refractivity contribution is -0.384. The van der Waals surface area contributed by atoms with Crippen LogP contribution in [0.5, 0.6) is 0 Å². The smallest absolute Gasteiger partial charge is 0.269 e. The highest BCUT2D eigenvalue weighted by atomic mass is 32.1. The van der Waals surface area contributed by atoms with Crippen molar-refractivity contribution in [1.82, 2.24) is 14.8 Å². The minimum Gasteiger partial charge on any atom is -0.273 e. The molecule has 0 saturated carbocycles. The van der Waals surface area contributed by atoms with Gasteiger partial charge in [0.25, 0.3) is 5.69 Å². The van der Waals surface area contributed by atoms with E-state index in [4.69, 9.17) is 5.41 Å². The number of benzene rings is 2. The zero-order valence-electron chi connectivity index (χ0n) is 15.6. The molecule has 2 aromatic heterocycles. The number of hydrogen-bond donors (Lipinski definition) is 2. The van der Waals surface area contributed by atoms with E-state index in [0.29, 0.717) is 26.3 Å². The quantitative estimate of drug-likeness (QED) is 0.265. The molecular formula is C19H15N7O2S2. The van der Waals surface area contributed by atoms with Gasteiger partial charge in [-0.2, -0.15) is 10.2 Å². The van der Waals surface area contributed by atoms with Gasteiger partial charge in [-0.25, -0.2) is 9.67 Å². The van der Waals surface area contributed by atoms with Crippen molar-refractivity contribution in [3.63, 3.8) is 0 Å². The SMILES string of the molecule is CC(=NNc1nc(-c2ccc([N+](=O)[O-])cc2)cs1)c1nn(-c2ccccc2)c(=N)s1. The van der Waals surface area contributed by atoms with E-state index in [2.05, 4.69) is 20.6 Å². The van der Waals surface area contributed by atoms with Gasteiger partial charge in [0.2, 0.25) is 9.93 Å². The van der Waals surface area contributed by atoms with E-state index in [1.165, 1.54) is 34.8 Å². The second-order valence-corrected chi connectivity index (χ2v) is 7.95. The highest BCUT2D eigenvalue weighted by molar-refractivity contribution is 7.14. The Balaban J connectivity index is 1.49. The number of para-hydroxylation sites is 1. The zero-order chi connectivity index (χ0) is 21.1. The summed E-state index contributed by atoms with van der Waals surface area (Å²) in [6, 6.07) is 15.7. The van der Waals surface area contributed by atoms with Crippen molar-refractivity contribution < 1.29 is 4.92 Å². The van der Waals surface area contributed by atoms with Crippen molar-refractivity contribution in [3.8, 4) is 16.9 Å². The van der Waals surface area contributed by atoms with Crippen molar-refractivity contribution in [3.05, 3.63) is 79.9 Å². The molecule has 9 nitrogen and oxygen atoms in total. The molecule has 0 spiro atoms. The molecule has 0 fully saturated rings. The lowest BCUT2D eigenvalue weighted by atomic mass is 10.1. The van der Waals surface area contributed by atoms with Crippen LogP contribution in [0.3, 0.4) is 0 Å². The molecule has 0 bridgehead atoms. The molecule has 11 heteroatoms. The summed E-state index contributed by atoms with van der Waals surface area (Å²) < 4.78 is 1.56. The normalized spacial score (nSPS) is 11.4. The Morgan fingerprint density at radius 1 is 1.20 bits per heavy atom. The summed E-state index contributed by atoms with van der Waals surface area (Å²) in [5, 5.41) is 30.8. The summed E-state index contributed by atoms with van der Waals surface area (Å²) in [6.45, 7) is 1.81. The number of nitrogens with zero attached hydrogens (tertiary/aromatic N) is 5. The number of rotatable bonds is 6. The lowest BCUT2D eigenvalue weighted by Crippen LogP contribution is -2.12. The highest BCUT2D eigenvalue weighted by Gasteiger charge is 2.10. The Bertz CT molecular complexity index is 1270. The summed E-state index contributed by atoms with van der Waals surface area (Å²) in [5.74, 6) is 0. The van der Waals surface area contributed by atoms with Crippen LogP contribution in [-0.2, 0) is 0 Å². The van der Waals surface area contributed by atoms with Gasteiger partial charge in [0.15, 0.2) is 5.01 Å². The maximum Gasteiger partial charge on any atom is 0.269 e. The number of thiazole rings is 1. The summed E-state index contributed by atoms with van der Waals surface area (Å²) in [5.41, 5.74) is 5.90. The molecule has 0 aliphatic carbocycles. The number of nitro benzene ring substituents is 1. The molecule has 2 N–H and O–H groups in total. The summed E-state index contributed by atoms with van der Waals surface area (Å²) in [4.78, 5) is 15.1. The number of hydrazone groups is 1. The van der Waals surface area contributed by atoms with E-state index in [9.17, 15) is 10.1 Å². The van der Waals surface area contributed by atoms with E-state index in [0.717, 1.165) is 11.3 Å². The average molecular weight is 438 g/mol. The van der Waals surface area contributed by atoms with Gasteiger partial charge >= 0.3 is 0 Å². The van der Waals surface area contributed by atoms with Crippen molar-refractivity contribution in [2.75, 3.05) is 5.43 Å². The van der Waals surface area contributed by atoms with Crippen LogP contribution in [0.4, 0.5) is 10.8 Å². The molecule has 4 aromatic rings. The zero-order valence-corrected chi connectivity index (χ0v) is 17.3. The number of aromatic nitrogens is 3. The third kappa shape index (κ3) is 4.16. The Morgan fingerprint density at radius 3 is 2.63 bits per heavy atom. The highest BCUT2D eigenvalue weighted by Crippen LogP contribution is 2.26. The molecule has 2 aromatic carbocycles. The second-order valence-electron chi connectivity index (χ2n) is 6.11. The second kappa shape index (κ2) is 8.35. The largest absolute Gasteiger partial charge is 0.273 e. The topological polar surface area (TPSA) is 122 Å². The summed E-state index contributed by atoms with van der Waals surface area (Å²) >= 11 is 2.61. The maximum absolute atomic E-state index is 10.8. The Morgan fingerprint density at radius 2 is 1.93 bits per heavy atom. The summed E-state index contributed by atoms with van der Waals surface area (Å²) in [7, 11) is 0. The average Bonchev–Trinajstić information content (AvgIpc) is 3.39. The van der Waals surface area contributed by atoms with Crippen molar-refractivity contribution in [2.24, 2.45) is 5.10 Å². The minimum absolute atomic E-state index is 0.0394. The molecule has 4 rings (SSSR count). The molecule has 0 amide bonds. The molecule has 0 aliphatic heterocycles. The van der Waals surface area contributed by atoms with Gasteiger partial charge in [0.1, 0.15) is 0 Å². The Kier molecular flexibility index (Phi) is 5.46. The number of nitro groups is 1. The number of anilines is 1. The van der Waals surface area contributed by atoms with E-state index in [-0.39, 0.29) is 5.69 Å². The molecule has 2 heterocycles.